The van der Waals surface area contributed by atoms with Gasteiger partial charge in [-0.2, -0.15) is 0 Å². The quantitative estimate of drug-likeness (QED) is 0.888. The number of nitrogens with one attached hydrogen (secondary N) is 1. The predicted octanol–water partition coefficient (Wildman–Crippen LogP) is 2.24. The summed E-state index contributed by atoms with van der Waals surface area (Å²) >= 11 is 5.22. The summed E-state index contributed by atoms with van der Waals surface area (Å²) in [7, 11) is 1.56. The standard InChI is InChI=1S/C13H19BrN2O2S/c1-18-8-13(17)16-4-2-11(3-5-16)15-7-12-6-10(14)9-19-12/h6,9,11,15H,2-5,7-8H2,1H3. The molecule has 1 aliphatic heterocycles. The van der Waals surface area contributed by atoms with E-state index < -0.39 is 0 Å². The minimum absolute atomic E-state index is 0.100. The van der Waals surface area contributed by atoms with Crippen molar-refractivity contribution < 1.29 is 9.53 Å². The Bertz CT molecular complexity index is 417. The van der Waals surface area contributed by atoms with Gasteiger partial charge in [0, 0.05) is 47.5 Å². The molecule has 1 aromatic rings. The van der Waals surface area contributed by atoms with E-state index in [1.165, 1.54) is 4.88 Å². The van der Waals surface area contributed by atoms with Crippen LogP contribution in [-0.4, -0.2) is 43.7 Å². The Morgan fingerprint density at radius 3 is 2.89 bits per heavy atom. The SMILES string of the molecule is COCC(=O)N1CCC(NCc2cc(Br)cs2)CC1. The largest absolute Gasteiger partial charge is 0.375 e. The second-order valence-electron chi connectivity index (χ2n) is 4.70. The molecule has 0 atom stereocenters. The van der Waals surface area contributed by atoms with E-state index in [9.17, 15) is 4.79 Å². The molecular formula is C13H19BrN2O2S. The second-order valence-corrected chi connectivity index (χ2v) is 6.61. The molecule has 0 aromatic carbocycles. The number of amides is 1. The molecule has 0 saturated carbocycles. The van der Waals surface area contributed by atoms with E-state index in [-0.39, 0.29) is 12.5 Å². The highest BCUT2D eigenvalue weighted by molar-refractivity contribution is 9.10. The molecule has 19 heavy (non-hydrogen) atoms. The van der Waals surface area contributed by atoms with E-state index in [1.54, 1.807) is 18.4 Å². The molecule has 0 bridgehead atoms. The van der Waals surface area contributed by atoms with Gasteiger partial charge in [0.2, 0.25) is 5.91 Å². The van der Waals surface area contributed by atoms with E-state index in [0.717, 1.165) is 36.9 Å². The number of thiophene rings is 1. The summed E-state index contributed by atoms with van der Waals surface area (Å²) in [5.74, 6) is 0.100. The Morgan fingerprint density at radius 2 is 2.32 bits per heavy atom. The Hall–Kier alpha value is -0.430. The highest BCUT2D eigenvalue weighted by atomic mass is 79.9. The minimum Gasteiger partial charge on any atom is -0.375 e. The van der Waals surface area contributed by atoms with Crippen molar-refractivity contribution in [2.24, 2.45) is 0 Å². The fraction of sp³-hybridized carbons (Fsp3) is 0.615. The van der Waals surface area contributed by atoms with Crippen LogP contribution in [0.1, 0.15) is 17.7 Å². The normalized spacial score (nSPS) is 16.8. The van der Waals surface area contributed by atoms with Gasteiger partial charge in [-0.3, -0.25) is 4.79 Å². The summed E-state index contributed by atoms with van der Waals surface area (Å²) in [4.78, 5) is 14.9. The molecule has 0 aliphatic carbocycles. The van der Waals surface area contributed by atoms with Gasteiger partial charge in [0.15, 0.2) is 0 Å². The zero-order valence-electron chi connectivity index (χ0n) is 11.0. The van der Waals surface area contributed by atoms with Crippen molar-refractivity contribution in [3.8, 4) is 0 Å². The Kier molecular flexibility index (Phi) is 5.81. The van der Waals surface area contributed by atoms with Gasteiger partial charge in [-0.1, -0.05) is 0 Å². The molecule has 1 fully saturated rings. The lowest BCUT2D eigenvalue weighted by Crippen LogP contribution is -2.45. The first kappa shape index (κ1) is 15.0. The van der Waals surface area contributed by atoms with Gasteiger partial charge >= 0.3 is 0 Å². The second kappa shape index (κ2) is 7.38. The number of ether oxygens (including phenoxy) is 1. The molecular weight excluding hydrogens is 328 g/mol. The third-order valence-electron chi connectivity index (χ3n) is 3.30. The Labute approximate surface area is 126 Å². The minimum atomic E-state index is 0.100. The van der Waals surface area contributed by atoms with Crippen molar-refractivity contribution in [1.82, 2.24) is 10.2 Å². The topological polar surface area (TPSA) is 41.6 Å². The average molecular weight is 347 g/mol. The van der Waals surface area contributed by atoms with E-state index in [2.05, 4.69) is 32.7 Å². The van der Waals surface area contributed by atoms with Gasteiger partial charge in [-0.05, 0) is 34.8 Å². The van der Waals surface area contributed by atoms with Gasteiger partial charge in [-0.25, -0.2) is 0 Å². The number of nitrogens with zero attached hydrogens (tertiary/aromatic N) is 1. The molecule has 1 N–H and O–H groups in total. The first-order chi connectivity index (χ1) is 9.19. The Morgan fingerprint density at radius 1 is 1.58 bits per heavy atom. The van der Waals surface area contributed by atoms with E-state index in [1.807, 2.05) is 4.90 Å². The number of rotatable bonds is 5. The highest BCUT2D eigenvalue weighted by Crippen LogP contribution is 2.20. The third-order valence-corrected chi connectivity index (χ3v) is 5.00. The summed E-state index contributed by atoms with van der Waals surface area (Å²) in [6.07, 6.45) is 2.03. The average Bonchev–Trinajstić information content (AvgIpc) is 2.83. The number of piperidine rings is 1. The predicted molar refractivity (Wildman–Crippen MR) is 80.3 cm³/mol. The molecule has 0 spiro atoms. The smallest absolute Gasteiger partial charge is 0.248 e. The van der Waals surface area contributed by atoms with Crippen LogP contribution in [0.25, 0.3) is 0 Å². The van der Waals surface area contributed by atoms with Crippen LogP contribution in [0.2, 0.25) is 0 Å². The van der Waals surface area contributed by atoms with Gasteiger partial charge in [-0.15, -0.1) is 11.3 Å². The molecule has 4 nitrogen and oxygen atoms in total. The lowest BCUT2D eigenvalue weighted by molar-refractivity contribution is -0.136. The molecule has 0 radical (unpaired) electrons. The number of methoxy groups -OCH3 is 1. The van der Waals surface area contributed by atoms with Crippen molar-refractivity contribution in [3.05, 3.63) is 20.8 Å². The van der Waals surface area contributed by atoms with Gasteiger partial charge < -0.3 is 15.0 Å². The molecule has 106 valence electrons. The first-order valence-electron chi connectivity index (χ1n) is 6.42. The number of halogens is 1. The molecule has 1 saturated heterocycles. The van der Waals surface area contributed by atoms with Crippen molar-refractivity contribution in [3.63, 3.8) is 0 Å². The summed E-state index contributed by atoms with van der Waals surface area (Å²) in [6, 6.07) is 2.65. The van der Waals surface area contributed by atoms with Crippen LogP contribution in [-0.2, 0) is 16.1 Å². The Balaban J connectivity index is 1.70. The number of hydrogen-bond donors (Lipinski definition) is 1. The van der Waals surface area contributed by atoms with Crippen molar-refractivity contribution >= 4 is 33.2 Å². The zero-order valence-corrected chi connectivity index (χ0v) is 13.4. The number of carbonyl (C=O) groups is 1. The maximum Gasteiger partial charge on any atom is 0.248 e. The van der Waals surface area contributed by atoms with Crippen LogP contribution in [0, 0.1) is 0 Å². The van der Waals surface area contributed by atoms with Gasteiger partial charge in [0.05, 0.1) is 0 Å². The van der Waals surface area contributed by atoms with E-state index in [4.69, 9.17) is 4.74 Å². The third kappa shape index (κ3) is 4.56. The molecule has 6 heteroatoms. The molecule has 1 aliphatic rings. The van der Waals surface area contributed by atoms with Gasteiger partial charge in [0.1, 0.15) is 6.61 Å². The lowest BCUT2D eigenvalue weighted by Gasteiger charge is -2.32. The summed E-state index contributed by atoms with van der Waals surface area (Å²) < 4.78 is 6.03. The lowest BCUT2D eigenvalue weighted by atomic mass is 10.1. The summed E-state index contributed by atoms with van der Waals surface area (Å²) in [5, 5.41) is 5.66. The monoisotopic (exact) mass is 346 g/mol. The summed E-state index contributed by atoms with van der Waals surface area (Å²) in [6.45, 7) is 2.76. The highest BCUT2D eigenvalue weighted by Gasteiger charge is 2.22. The molecule has 1 aromatic heterocycles. The zero-order chi connectivity index (χ0) is 13.7. The van der Waals surface area contributed by atoms with Crippen LogP contribution < -0.4 is 5.32 Å². The first-order valence-corrected chi connectivity index (χ1v) is 8.09. The van der Waals surface area contributed by atoms with E-state index in [0.29, 0.717) is 6.04 Å². The fourth-order valence-electron chi connectivity index (χ4n) is 2.24. The number of likely N-dealkylation sites (tertiary alicyclic amines) is 1. The summed E-state index contributed by atoms with van der Waals surface area (Å²) in [5.41, 5.74) is 0. The molecule has 2 heterocycles. The van der Waals surface area contributed by atoms with Crippen LogP contribution >= 0.6 is 27.3 Å². The van der Waals surface area contributed by atoms with Crippen molar-refractivity contribution in [1.29, 1.82) is 0 Å². The van der Waals surface area contributed by atoms with Crippen molar-refractivity contribution in [2.45, 2.75) is 25.4 Å². The molecule has 1 amide bonds. The number of carbonyl (C=O) groups excluding carboxylic acids is 1. The van der Waals surface area contributed by atoms with Crippen LogP contribution in [0.15, 0.2) is 15.9 Å². The van der Waals surface area contributed by atoms with Gasteiger partial charge in [0.25, 0.3) is 0 Å². The van der Waals surface area contributed by atoms with E-state index >= 15 is 0 Å². The number of hydrogen-bond acceptors (Lipinski definition) is 4. The van der Waals surface area contributed by atoms with Crippen LogP contribution in [0.5, 0.6) is 0 Å². The molecule has 0 unspecified atom stereocenters. The molecule has 2 rings (SSSR count). The van der Waals surface area contributed by atoms with Crippen LogP contribution in [0.4, 0.5) is 0 Å². The maximum absolute atomic E-state index is 11.7. The van der Waals surface area contributed by atoms with Crippen molar-refractivity contribution in [2.75, 3.05) is 26.8 Å². The maximum atomic E-state index is 11.7. The fourth-order valence-corrected chi connectivity index (χ4v) is 3.64. The van der Waals surface area contributed by atoms with Crippen LogP contribution in [0.3, 0.4) is 0 Å².